The molecular formula is C12H8F2N2O. The number of benzene rings is 1. The van der Waals surface area contributed by atoms with E-state index in [1.54, 1.807) is 12.1 Å². The molecule has 0 amide bonds. The van der Waals surface area contributed by atoms with E-state index in [1.807, 2.05) is 0 Å². The highest BCUT2D eigenvalue weighted by Crippen LogP contribution is 2.15. The zero-order chi connectivity index (χ0) is 12.8. The lowest BCUT2D eigenvalue weighted by molar-refractivity contribution is 0.281. The first kappa shape index (κ1) is 12.7. The minimum Gasteiger partial charge on any atom is -0.499 e. The number of halogens is 2. The Kier molecular flexibility index (Phi) is 4.19. The quantitative estimate of drug-likeness (QED) is 0.596. The average molecular weight is 234 g/mol. The molecule has 0 fully saturated rings. The Hall–Kier alpha value is -2.40. The van der Waals surface area contributed by atoms with Gasteiger partial charge in [0.1, 0.15) is 29.5 Å². The number of nitrogens with zero attached hydrogens (tertiary/aromatic N) is 2. The lowest BCUT2D eigenvalue weighted by atomic mass is 10.1. The van der Waals surface area contributed by atoms with Gasteiger partial charge in [-0.15, -0.1) is 0 Å². The van der Waals surface area contributed by atoms with E-state index < -0.39 is 11.6 Å². The van der Waals surface area contributed by atoms with E-state index in [0.717, 1.165) is 18.2 Å². The molecule has 0 saturated carbocycles. The Morgan fingerprint density at radius 1 is 1.18 bits per heavy atom. The molecule has 3 nitrogen and oxygen atoms in total. The van der Waals surface area contributed by atoms with Gasteiger partial charge in [0, 0.05) is 12.5 Å². The van der Waals surface area contributed by atoms with Crippen LogP contribution in [0.2, 0.25) is 0 Å². The Bertz CT molecular complexity index is 502. The largest absolute Gasteiger partial charge is 0.499 e. The third-order valence-corrected chi connectivity index (χ3v) is 2.04. The number of hydrogen-bond donors (Lipinski definition) is 0. The van der Waals surface area contributed by atoms with E-state index in [2.05, 4.69) is 0 Å². The molecule has 0 N–H and O–H groups in total. The summed E-state index contributed by atoms with van der Waals surface area (Å²) in [5.74, 6) is -1.35. The molecule has 1 aromatic rings. The summed E-state index contributed by atoms with van der Waals surface area (Å²) in [6, 6.07) is 6.30. The molecule has 0 radical (unpaired) electrons. The summed E-state index contributed by atoms with van der Waals surface area (Å²) in [7, 11) is 1.29. The zero-order valence-corrected chi connectivity index (χ0v) is 9.00. The van der Waals surface area contributed by atoms with Crippen LogP contribution in [0.1, 0.15) is 5.56 Å². The van der Waals surface area contributed by atoms with Crippen LogP contribution in [0.15, 0.2) is 29.5 Å². The highest BCUT2D eigenvalue weighted by Gasteiger charge is 2.09. The minimum absolute atomic E-state index is 0.0123. The summed E-state index contributed by atoms with van der Waals surface area (Å²) in [5.41, 5.74) is 0.0829. The van der Waals surface area contributed by atoms with Gasteiger partial charge in [-0.3, -0.25) is 0 Å². The summed E-state index contributed by atoms with van der Waals surface area (Å²) < 4.78 is 30.7. The maximum atomic E-state index is 12.9. The predicted molar refractivity (Wildman–Crippen MR) is 55.3 cm³/mol. The van der Waals surface area contributed by atoms with E-state index in [9.17, 15) is 8.78 Å². The summed E-state index contributed by atoms with van der Waals surface area (Å²) >= 11 is 0. The smallest absolute Gasteiger partial charge is 0.167 e. The van der Waals surface area contributed by atoms with Gasteiger partial charge < -0.3 is 4.74 Å². The second kappa shape index (κ2) is 5.62. The lowest BCUT2D eigenvalue weighted by Gasteiger charge is -2.06. The standard InChI is InChI=1S/C12H8F2N2O/c1-17-12(9(6-15)7-16)4-8-2-10(13)5-11(14)3-8/h2-3,5H,4H2,1H3. The van der Waals surface area contributed by atoms with E-state index >= 15 is 0 Å². The molecule has 17 heavy (non-hydrogen) atoms. The van der Waals surface area contributed by atoms with Gasteiger partial charge in [-0.2, -0.15) is 10.5 Å². The molecule has 1 rings (SSSR count). The van der Waals surface area contributed by atoms with Gasteiger partial charge in [0.25, 0.3) is 0 Å². The highest BCUT2D eigenvalue weighted by atomic mass is 19.1. The molecular weight excluding hydrogens is 226 g/mol. The van der Waals surface area contributed by atoms with Crippen molar-refractivity contribution in [2.45, 2.75) is 6.42 Å². The van der Waals surface area contributed by atoms with Crippen LogP contribution in [0.3, 0.4) is 0 Å². The minimum atomic E-state index is -0.717. The normalized spacial score (nSPS) is 9.00. The van der Waals surface area contributed by atoms with Gasteiger partial charge in [-0.25, -0.2) is 8.78 Å². The molecule has 0 unspecified atom stereocenters. The first-order valence-electron chi connectivity index (χ1n) is 4.63. The number of methoxy groups -OCH3 is 1. The monoisotopic (exact) mass is 234 g/mol. The van der Waals surface area contributed by atoms with Crippen molar-refractivity contribution < 1.29 is 13.5 Å². The fraction of sp³-hybridized carbons (Fsp3) is 0.167. The Labute approximate surface area is 97.2 Å². The molecule has 0 aromatic heterocycles. The SMILES string of the molecule is COC(Cc1cc(F)cc(F)c1)=C(C#N)C#N. The first-order chi connectivity index (χ1) is 8.10. The van der Waals surface area contributed by atoms with Crippen molar-refractivity contribution in [3.63, 3.8) is 0 Å². The topological polar surface area (TPSA) is 56.8 Å². The molecule has 0 bridgehead atoms. The molecule has 1 aromatic carbocycles. The van der Waals surface area contributed by atoms with Gasteiger partial charge >= 0.3 is 0 Å². The Morgan fingerprint density at radius 3 is 2.12 bits per heavy atom. The zero-order valence-electron chi connectivity index (χ0n) is 9.00. The van der Waals surface area contributed by atoms with Crippen LogP contribution in [0.5, 0.6) is 0 Å². The molecule has 5 heteroatoms. The average Bonchev–Trinajstić information content (AvgIpc) is 2.27. The third-order valence-electron chi connectivity index (χ3n) is 2.04. The first-order valence-corrected chi connectivity index (χ1v) is 4.63. The number of ether oxygens (including phenoxy) is 1. The fourth-order valence-electron chi connectivity index (χ4n) is 1.31. The summed E-state index contributed by atoms with van der Waals surface area (Å²) in [4.78, 5) is 0. The second-order valence-corrected chi connectivity index (χ2v) is 3.18. The molecule has 0 saturated heterocycles. The molecule has 0 aliphatic heterocycles. The van der Waals surface area contributed by atoms with Crippen molar-refractivity contribution >= 4 is 0 Å². The number of hydrogen-bond acceptors (Lipinski definition) is 3. The summed E-state index contributed by atoms with van der Waals surface area (Å²) in [5, 5.41) is 17.3. The van der Waals surface area contributed by atoms with E-state index in [4.69, 9.17) is 15.3 Å². The summed E-state index contributed by atoms with van der Waals surface area (Å²) in [6.07, 6.45) is -0.0123. The van der Waals surface area contributed by atoms with Crippen molar-refractivity contribution in [3.8, 4) is 12.1 Å². The van der Waals surface area contributed by atoms with Crippen LogP contribution in [-0.2, 0) is 11.2 Å². The molecule has 0 aliphatic carbocycles. The van der Waals surface area contributed by atoms with E-state index in [-0.39, 0.29) is 17.8 Å². The van der Waals surface area contributed by atoms with Gasteiger partial charge in [0.15, 0.2) is 5.57 Å². The van der Waals surface area contributed by atoms with Crippen molar-refractivity contribution in [1.29, 1.82) is 10.5 Å². The molecule has 0 aliphatic rings. The second-order valence-electron chi connectivity index (χ2n) is 3.18. The van der Waals surface area contributed by atoms with Gasteiger partial charge in [0.05, 0.1) is 7.11 Å². The van der Waals surface area contributed by atoms with Crippen molar-refractivity contribution in [3.05, 3.63) is 46.7 Å². The maximum absolute atomic E-state index is 12.9. The van der Waals surface area contributed by atoms with Crippen LogP contribution < -0.4 is 0 Å². The van der Waals surface area contributed by atoms with Crippen molar-refractivity contribution in [2.24, 2.45) is 0 Å². The fourth-order valence-corrected chi connectivity index (χ4v) is 1.31. The molecule has 0 spiro atoms. The highest BCUT2D eigenvalue weighted by molar-refractivity contribution is 5.39. The number of rotatable bonds is 3. The van der Waals surface area contributed by atoms with Crippen LogP contribution in [0.4, 0.5) is 8.78 Å². The molecule has 0 heterocycles. The number of nitriles is 2. The van der Waals surface area contributed by atoms with Crippen LogP contribution in [0.25, 0.3) is 0 Å². The molecule has 0 atom stereocenters. The van der Waals surface area contributed by atoms with Crippen LogP contribution in [-0.4, -0.2) is 7.11 Å². The number of allylic oxidation sites excluding steroid dienone is 2. The Morgan fingerprint density at radius 2 is 1.71 bits per heavy atom. The third kappa shape index (κ3) is 3.29. The van der Waals surface area contributed by atoms with Crippen LogP contribution >= 0.6 is 0 Å². The lowest BCUT2D eigenvalue weighted by Crippen LogP contribution is -1.98. The van der Waals surface area contributed by atoms with Gasteiger partial charge in [-0.1, -0.05) is 0 Å². The van der Waals surface area contributed by atoms with Crippen molar-refractivity contribution in [1.82, 2.24) is 0 Å². The van der Waals surface area contributed by atoms with Crippen molar-refractivity contribution in [2.75, 3.05) is 7.11 Å². The predicted octanol–water partition coefficient (Wildman–Crippen LogP) is 2.45. The summed E-state index contributed by atoms with van der Waals surface area (Å²) in [6.45, 7) is 0. The van der Waals surface area contributed by atoms with E-state index in [1.165, 1.54) is 7.11 Å². The Balaban J connectivity index is 3.09. The van der Waals surface area contributed by atoms with Crippen LogP contribution in [0, 0.1) is 34.3 Å². The molecule has 86 valence electrons. The van der Waals surface area contributed by atoms with Gasteiger partial charge in [-0.05, 0) is 17.7 Å². The maximum Gasteiger partial charge on any atom is 0.167 e. The van der Waals surface area contributed by atoms with Gasteiger partial charge in [0.2, 0.25) is 0 Å². The van der Waals surface area contributed by atoms with E-state index in [0.29, 0.717) is 5.56 Å².